The molecule has 1 saturated carbocycles. The topological polar surface area (TPSA) is 130 Å². The van der Waals surface area contributed by atoms with E-state index < -0.39 is 35.0 Å². The number of benzene rings is 4. The summed E-state index contributed by atoms with van der Waals surface area (Å²) in [5, 5.41) is 16.7. The molecule has 10 nitrogen and oxygen atoms in total. The Morgan fingerprint density at radius 3 is 2.29 bits per heavy atom. The van der Waals surface area contributed by atoms with Crippen LogP contribution in [0.2, 0.25) is 5.02 Å². The minimum Gasteiger partial charge on any atom is -0.508 e. The van der Waals surface area contributed by atoms with Crippen LogP contribution in [0.15, 0.2) is 115 Å². The van der Waals surface area contributed by atoms with Gasteiger partial charge in [-0.15, -0.1) is 11.3 Å². The van der Waals surface area contributed by atoms with Gasteiger partial charge in [0.15, 0.2) is 5.78 Å². The number of nitrogens with zero attached hydrogens (tertiary/aromatic N) is 4. The number of hydrogen-bond acceptors (Lipinski definition) is 8. The number of fused-ring (bicyclic) bond motifs is 5. The predicted octanol–water partition coefficient (Wildman–Crippen LogP) is 8.64. The van der Waals surface area contributed by atoms with E-state index in [4.69, 9.17) is 16.7 Å². The second-order valence-corrected chi connectivity index (χ2v) is 17.7. The van der Waals surface area contributed by atoms with E-state index in [0.717, 1.165) is 31.7 Å². The van der Waals surface area contributed by atoms with Crippen molar-refractivity contribution in [2.75, 3.05) is 9.80 Å². The van der Waals surface area contributed by atoms with Gasteiger partial charge in [-0.2, -0.15) is 5.10 Å². The zero-order valence-corrected chi connectivity index (χ0v) is 33.8. The van der Waals surface area contributed by atoms with Crippen molar-refractivity contribution in [1.29, 1.82) is 0 Å². The normalized spacial score (nSPS) is 25.0. The highest BCUT2D eigenvalue weighted by molar-refractivity contribution is 7.22. The van der Waals surface area contributed by atoms with Crippen molar-refractivity contribution < 1.29 is 29.1 Å². The number of thiophene rings is 1. The fourth-order valence-corrected chi connectivity index (χ4v) is 11.6. The number of carbonyl (C=O) groups excluding carboxylic acids is 5. The lowest BCUT2D eigenvalue weighted by molar-refractivity contribution is -0.131. The molecule has 4 aliphatic rings. The Kier molecular flexibility index (Phi) is 8.45. The van der Waals surface area contributed by atoms with Gasteiger partial charge in [0.1, 0.15) is 17.3 Å². The number of allylic oxidation sites excluding steroid dienone is 2. The van der Waals surface area contributed by atoms with E-state index in [1.807, 2.05) is 44.2 Å². The molecule has 2 saturated heterocycles. The molecule has 4 amide bonds. The zero-order chi connectivity index (χ0) is 41.1. The molecular weight excluding hydrogens is 784 g/mol. The first-order chi connectivity index (χ1) is 28.4. The average Bonchev–Trinajstić information content (AvgIpc) is 3.91. The highest BCUT2D eigenvalue weighted by Crippen LogP contribution is 2.64. The minimum absolute atomic E-state index is 0.0564. The summed E-state index contributed by atoms with van der Waals surface area (Å²) in [6.45, 7) is 3.84. The SMILES string of the molecule is Cc1c(-c2cc(N3C(=O)C4CC5C(=CCC6C(=O)N(c7ccc(C(=O)c8ccccc8)cc7)C(=O)C65)C(c5ccc(O)cc5)C4(C)C3=O)n(C)n2)sc2ccc(Cl)cc12. The summed E-state index contributed by atoms with van der Waals surface area (Å²) in [7, 11) is 1.72. The Labute approximate surface area is 348 Å². The van der Waals surface area contributed by atoms with Gasteiger partial charge in [-0.1, -0.05) is 65.7 Å². The van der Waals surface area contributed by atoms with Gasteiger partial charge in [-0.25, -0.2) is 4.90 Å². The van der Waals surface area contributed by atoms with Gasteiger partial charge >= 0.3 is 0 Å². The number of hydrogen-bond donors (Lipinski definition) is 1. The molecule has 2 aliphatic heterocycles. The van der Waals surface area contributed by atoms with E-state index in [0.29, 0.717) is 33.3 Å². The van der Waals surface area contributed by atoms with Crippen LogP contribution in [0.4, 0.5) is 11.5 Å². The van der Waals surface area contributed by atoms with Gasteiger partial charge in [0.05, 0.1) is 33.7 Å². The molecule has 294 valence electrons. The quantitative estimate of drug-likeness (QED) is 0.101. The van der Waals surface area contributed by atoms with E-state index in [1.165, 1.54) is 9.80 Å². The number of aromatic hydroxyl groups is 1. The Balaban J connectivity index is 1.02. The van der Waals surface area contributed by atoms with Crippen LogP contribution >= 0.6 is 22.9 Å². The summed E-state index contributed by atoms with van der Waals surface area (Å²) < 4.78 is 2.61. The number of phenols is 1. The van der Waals surface area contributed by atoms with Crippen molar-refractivity contribution in [2.24, 2.45) is 36.1 Å². The van der Waals surface area contributed by atoms with Crippen molar-refractivity contribution in [2.45, 2.75) is 32.6 Å². The highest BCUT2D eigenvalue weighted by atomic mass is 35.5. The summed E-state index contributed by atoms with van der Waals surface area (Å²) in [6, 6.07) is 29.6. The van der Waals surface area contributed by atoms with E-state index in [-0.39, 0.29) is 48.0 Å². The van der Waals surface area contributed by atoms with Crippen LogP contribution in [0.1, 0.15) is 52.7 Å². The van der Waals surface area contributed by atoms with E-state index in [2.05, 4.69) is 0 Å². The second-order valence-electron chi connectivity index (χ2n) is 16.2. The van der Waals surface area contributed by atoms with E-state index in [1.54, 1.807) is 102 Å². The number of phenolic OH excluding ortho intramolecular Hbond substituents is 1. The van der Waals surface area contributed by atoms with Crippen molar-refractivity contribution in [3.8, 4) is 16.3 Å². The summed E-state index contributed by atoms with van der Waals surface area (Å²) in [4.78, 5) is 75.4. The fraction of sp³-hybridized carbons (Fsp3) is 0.234. The molecule has 2 aliphatic carbocycles. The van der Waals surface area contributed by atoms with Gasteiger partial charge in [0.25, 0.3) is 0 Å². The van der Waals surface area contributed by atoms with Crippen molar-refractivity contribution in [3.05, 3.63) is 142 Å². The molecule has 4 heterocycles. The molecule has 3 fully saturated rings. The van der Waals surface area contributed by atoms with E-state index >= 15 is 4.79 Å². The van der Waals surface area contributed by atoms with Crippen molar-refractivity contribution >= 4 is 73.9 Å². The number of amides is 4. The number of rotatable bonds is 6. The molecule has 6 aromatic rings. The van der Waals surface area contributed by atoms with Crippen LogP contribution in [0.3, 0.4) is 0 Å². The Hall–Kier alpha value is -6.17. The third-order valence-electron chi connectivity index (χ3n) is 13.1. The molecule has 10 rings (SSSR count). The molecule has 4 aromatic carbocycles. The lowest BCUT2D eigenvalue weighted by Gasteiger charge is -2.49. The standard InChI is InChI=1S/C47H37ClN4O6S/c1-24-33-21-28(48)13-20-37(33)59-42(24)36-23-38(50(3)49-36)52-44(56)35-22-34-31(40(47(35,2)46(52)58)25-11-16-30(53)17-12-25)18-19-32-39(34)45(57)51(43(32)55)29-14-9-27(10-15-29)41(54)26-7-5-4-6-8-26/h4-18,20-21,23,32,34-35,39-40,53H,19,22H2,1-3H3. The number of aryl methyl sites for hydroxylation is 2. The van der Waals surface area contributed by atoms with Crippen LogP contribution in [-0.4, -0.2) is 44.3 Å². The van der Waals surface area contributed by atoms with Gasteiger partial charge < -0.3 is 5.11 Å². The van der Waals surface area contributed by atoms with Crippen LogP contribution in [-0.2, 0) is 26.2 Å². The first kappa shape index (κ1) is 37.1. The molecule has 0 bridgehead atoms. The first-order valence-corrected chi connectivity index (χ1v) is 20.7. The molecular formula is C47H37ClN4O6S. The lowest BCUT2D eigenvalue weighted by atomic mass is 9.51. The maximum atomic E-state index is 15.1. The third-order valence-corrected chi connectivity index (χ3v) is 14.7. The second kappa shape index (κ2) is 13.4. The zero-order valence-electron chi connectivity index (χ0n) is 32.3. The summed E-state index contributed by atoms with van der Waals surface area (Å²) >= 11 is 7.89. The summed E-state index contributed by atoms with van der Waals surface area (Å²) in [6.07, 6.45) is 2.48. The van der Waals surface area contributed by atoms with Crippen LogP contribution in [0.25, 0.3) is 20.7 Å². The monoisotopic (exact) mass is 820 g/mol. The Bertz CT molecular complexity index is 2830. The molecule has 6 unspecified atom stereocenters. The van der Waals surface area contributed by atoms with Gasteiger partial charge in [-0.3, -0.25) is 33.6 Å². The summed E-state index contributed by atoms with van der Waals surface area (Å²) in [5.74, 6) is -4.62. The smallest absolute Gasteiger partial charge is 0.242 e. The van der Waals surface area contributed by atoms with Gasteiger partial charge in [0, 0.05) is 39.9 Å². The maximum absolute atomic E-state index is 15.1. The van der Waals surface area contributed by atoms with Gasteiger partial charge in [-0.05, 0) is 104 Å². The highest BCUT2D eigenvalue weighted by Gasteiger charge is 2.68. The Morgan fingerprint density at radius 2 is 1.56 bits per heavy atom. The fourth-order valence-electron chi connectivity index (χ4n) is 10.3. The summed E-state index contributed by atoms with van der Waals surface area (Å²) in [5.41, 5.74) is 3.27. The molecule has 1 N–H and O–H groups in total. The number of anilines is 2. The molecule has 2 aromatic heterocycles. The molecule has 6 atom stereocenters. The number of carbonyl (C=O) groups is 5. The largest absolute Gasteiger partial charge is 0.508 e. The first-order valence-electron chi connectivity index (χ1n) is 19.5. The third kappa shape index (κ3) is 5.44. The molecule has 0 radical (unpaired) electrons. The molecule has 59 heavy (non-hydrogen) atoms. The number of aromatic nitrogens is 2. The molecule has 12 heteroatoms. The lowest BCUT2D eigenvalue weighted by Crippen LogP contribution is -2.48. The van der Waals surface area contributed by atoms with Crippen LogP contribution in [0.5, 0.6) is 5.75 Å². The number of halogens is 1. The van der Waals surface area contributed by atoms with E-state index in [9.17, 15) is 24.3 Å². The average molecular weight is 821 g/mol. The number of imide groups is 2. The van der Waals surface area contributed by atoms with Crippen molar-refractivity contribution in [3.63, 3.8) is 0 Å². The van der Waals surface area contributed by atoms with Crippen LogP contribution in [0, 0.1) is 36.0 Å². The Morgan fingerprint density at radius 1 is 0.847 bits per heavy atom. The van der Waals surface area contributed by atoms with Crippen molar-refractivity contribution in [1.82, 2.24) is 9.78 Å². The van der Waals surface area contributed by atoms with Crippen LogP contribution < -0.4 is 9.80 Å². The van der Waals surface area contributed by atoms with Gasteiger partial charge in [0.2, 0.25) is 23.6 Å². The maximum Gasteiger partial charge on any atom is 0.242 e. The minimum atomic E-state index is -1.26. The predicted molar refractivity (Wildman–Crippen MR) is 225 cm³/mol. The number of ketones is 1. The molecule has 0 spiro atoms.